The van der Waals surface area contributed by atoms with E-state index in [1.807, 2.05) is 20.8 Å². The first kappa shape index (κ1) is 22.0. The second-order valence-corrected chi connectivity index (χ2v) is 9.76. The number of hydrogen-bond acceptors (Lipinski definition) is 0. The summed E-state index contributed by atoms with van der Waals surface area (Å²) in [5.41, 5.74) is 0.255. The third kappa shape index (κ3) is 8.43. The maximum Gasteiger partial charge on any atom is 0.416 e. The predicted molar refractivity (Wildman–Crippen MR) is 94.0 cm³/mol. The van der Waals surface area contributed by atoms with Crippen LogP contribution in [0, 0.1) is 5.41 Å². The van der Waals surface area contributed by atoms with Crippen LogP contribution in [0.15, 0.2) is 18.2 Å². The van der Waals surface area contributed by atoms with Gasteiger partial charge in [0.15, 0.2) is 0 Å². The fourth-order valence-corrected chi connectivity index (χ4v) is 1.90. The lowest BCUT2D eigenvalue weighted by Gasteiger charge is -2.27. The molecule has 0 aliphatic rings. The van der Waals surface area contributed by atoms with Gasteiger partial charge in [0.05, 0.1) is 5.56 Å². The van der Waals surface area contributed by atoms with E-state index in [1.54, 1.807) is 32.9 Å². The maximum absolute atomic E-state index is 13.1. The minimum atomic E-state index is -4.30. The Morgan fingerprint density at radius 2 is 1.00 bits per heavy atom. The summed E-state index contributed by atoms with van der Waals surface area (Å²) in [4.78, 5) is 0. The predicted octanol–water partition coefficient (Wildman–Crippen LogP) is 7.35. The van der Waals surface area contributed by atoms with Crippen molar-refractivity contribution in [3.8, 4) is 0 Å². The maximum atomic E-state index is 13.1. The van der Waals surface area contributed by atoms with Crippen molar-refractivity contribution in [3.05, 3.63) is 34.9 Å². The van der Waals surface area contributed by atoms with Gasteiger partial charge in [0.25, 0.3) is 0 Å². The van der Waals surface area contributed by atoms with Crippen molar-refractivity contribution in [2.45, 2.75) is 86.2 Å². The van der Waals surface area contributed by atoms with Gasteiger partial charge in [-0.05, 0) is 33.4 Å². The quantitative estimate of drug-likeness (QED) is 0.466. The molecule has 0 bridgehead atoms. The van der Waals surface area contributed by atoms with Crippen LogP contribution in [0.2, 0.25) is 0 Å². The molecular weight excluding hydrogens is 297 g/mol. The van der Waals surface area contributed by atoms with Gasteiger partial charge in [0.2, 0.25) is 0 Å². The summed E-state index contributed by atoms with van der Waals surface area (Å²) in [6, 6.07) is 4.71. The van der Waals surface area contributed by atoms with Crippen LogP contribution in [0.4, 0.5) is 13.2 Å². The van der Waals surface area contributed by atoms with Crippen LogP contribution in [-0.4, -0.2) is 0 Å². The van der Waals surface area contributed by atoms with Gasteiger partial charge in [0, 0.05) is 0 Å². The summed E-state index contributed by atoms with van der Waals surface area (Å²) in [6.45, 7) is 19.9. The van der Waals surface area contributed by atoms with Gasteiger partial charge < -0.3 is 0 Å². The lowest BCUT2D eigenvalue weighted by molar-refractivity contribution is -0.138. The van der Waals surface area contributed by atoms with E-state index in [4.69, 9.17) is 0 Å². The molecule has 134 valence electrons. The molecule has 0 amide bonds. The molecule has 0 nitrogen and oxygen atoms in total. The van der Waals surface area contributed by atoms with Crippen molar-refractivity contribution < 1.29 is 13.2 Å². The number of rotatable bonds is 0. The molecule has 1 aromatic rings. The normalized spacial score (nSPS) is 13.4. The van der Waals surface area contributed by atoms with E-state index in [0.717, 1.165) is 0 Å². The van der Waals surface area contributed by atoms with E-state index in [1.165, 1.54) is 6.07 Å². The molecule has 0 atom stereocenters. The standard InChI is InChI=1S/C15H21F3.C5H12/c1-13(2,3)10-7-8-11(14(4,5)6)12(9-10)15(16,17)18;1-5(2,3)4/h7-9H,1-6H3;1-4H3. The number of halogens is 3. The first-order valence-electron chi connectivity index (χ1n) is 8.05. The Morgan fingerprint density at radius 3 is 1.26 bits per heavy atom. The molecule has 0 saturated heterocycles. The summed E-state index contributed by atoms with van der Waals surface area (Å²) in [7, 11) is 0. The number of alkyl halides is 3. The van der Waals surface area contributed by atoms with Gasteiger partial charge in [0.1, 0.15) is 0 Å². The Hall–Kier alpha value is -0.990. The average Bonchev–Trinajstić information content (AvgIpc) is 2.22. The molecule has 1 rings (SSSR count). The molecule has 0 unspecified atom stereocenters. The van der Waals surface area contributed by atoms with Gasteiger partial charge >= 0.3 is 6.18 Å². The van der Waals surface area contributed by atoms with Crippen LogP contribution in [0.25, 0.3) is 0 Å². The minimum absolute atomic E-state index is 0.281. The highest BCUT2D eigenvalue weighted by molar-refractivity contribution is 5.40. The van der Waals surface area contributed by atoms with E-state index in [9.17, 15) is 13.2 Å². The molecule has 23 heavy (non-hydrogen) atoms. The molecule has 0 heterocycles. The topological polar surface area (TPSA) is 0 Å². The van der Waals surface area contributed by atoms with E-state index < -0.39 is 17.2 Å². The van der Waals surface area contributed by atoms with Crippen LogP contribution in [-0.2, 0) is 17.0 Å². The van der Waals surface area contributed by atoms with Crippen molar-refractivity contribution in [2.75, 3.05) is 0 Å². The molecule has 0 N–H and O–H groups in total. The summed E-state index contributed by atoms with van der Waals surface area (Å²) >= 11 is 0. The fraction of sp³-hybridized carbons (Fsp3) is 0.700. The zero-order chi connectivity index (χ0) is 18.9. The molecule has 0 radical (unpaired) electrons. The molecule has 1 aromatic carbocycles. The number of benzene rings is 1. The van der Waals surface area contributed by atoms with Crippen LogP contribution in [0.1, 0.15) is 85.9 Å². The molecule has 0 saturated carbocycles. The van der Waals surface area contributed by atoms with E-state index in [0.29, 0.717) is 16.5 Å². The second-order valence-electron chi connectivity index (χ2n) is 9.76. The van der Waals surface area contributed by atoms with Crippen molar-refractivity contribution in [2.24, 2.45) is 5.41 Å². The van der Waals surface area contributed by atoms with E-state index in [-0.39, 0.29) is 5.41 Å². The van der Waals surface area contributed by atoms with Gasteiger partial charge in [-0.1, -0.05) is 81.4 Å². The highest BCUT2D eigenvalue weighted by Crippen LogP contribution is 2.39. The highest BCUT2D eigenvalue weighted by Gasteiger charge is 2.37. The molecular formula is C20H33F3. The van der Waals surface area contributed by atoms with Gasteiger partial charge in [-0.3, -0.25) is 0 Å². The SMILES string of the molecule is CC(C)(C)C.CC(C)(C)c1ccc(C(C)(C)C)c(C(F)(F)F)c1. The van der Waals surface area contributed by atoms with Crippen molar-refractivity contribution in [1.82, 2.24) is 0 Å². The van der Waals surface area contributed by atoms with Crippen molar-refractivity contribution >= 4 is 0 Å². The zero-order valence-electron chi connectivity index (χ0n) is 16.4. The third-order valence-electron chi connectivity index (χ3n) is 3.00. The first-order chi connectivity index (χ1) is 9.83. The summed E-state index contributed by atoms with van der Waals surface area (Å²) in [5, 5.41) is 0. The van der Waals surface area contributed by atoms with E-state index in [2.05, 4.69) is 27.7 Å². The molecule has 0 aliphatic heterocycles. The highest BCUT2D eigenvalue weighted by atomic mass is 19.4. The largest absolute Gasteiger partial charge is 0.416 e. The van der Waals surface area contributed by atoms with Gasteiger partial charge in [-0.15, -0.1) is 0 Å². The van der Waals surface area contributed by atoms with Crippen LogP contribution < -0.4 is 0 Å². The zero-order valence-corrected chi connectivity index (χ0v) is 16.4. The summed E-state index contributed by atoms with van der Waals surface area (Å²) < 4.78 is 39.4. The summed E-state index contributed by atoms with van der Waals surface area (Å²) in [5.74, 6) is 0. The fourth-order valence-electron chi connectivity index (χ4n) is 1.90. The van der Waals surface area contributed by atoms with Crippen molar-refractivity contribution in [3.63, 3.8) is 0 Å². The lowest BCUT2D eigenvalue weighted by atomic mass is 9.79. The third-order valence-corrected chi connectivity index (χ3v) is 3.00. The smallest absolute Gasteiger partial charge is 0.166 e. The Labute approximate surface area is 140 Å². The van der Waals surface area contributed by atoms with Gasteiger partial charge in [-0.2, -0.15) is 13.2 Å². The summed E-state index contributed by atoms with van der Waals surface area (Å²) in [6.07, 6.45) is -4.30. The van der Waals surface area contributed by atoms with E-state index >= 15 is 0 Å². The molecule has 0 aromatic heterocycles. The van der Waals surface area contributed by atoms with Crippen LogP contribution >= 0.6 is 0 Å². The Kier molecular flexibility index (Phi) is 6.57. The van der Waals surface area contributed by atoms with Crippen LogP contribution in [0.3, 0.4) is 0 Å². The Bertz CT molecular complexity index is 498. The lowest BCUT2D eigenvalue weighted by Crippen LogP contribution is -2.21. The monoisotopic (exact) mass is 330 g/mol. The van der Waals surface area contributed by atoms with Crippen LogP contribution in [0.5, 0.6) is 0 Å². The molecule has 0 fully saturated rings. The average molecular weight is 330 g/mol. The Balaban J connectivity index is 0.000000841. The first-order valence-corrected chi connectivity index (χ1v) is 8.05. The van der Waals surface area contributed by atoms with Crippen molar-refractivity contribution in [1.29, 1.82) is 0 Å². The minimum Gasteiger partial charge on any atom is -0.166 e. The Morgan fingerprint density at radius 1 is 0.609 bits per heavy atom. The second kappa shape index (κ2) is 6.86. The molecule has 3 heteroatoms. The van der Waals surface area contributed by atoms with Gasteiger partial charge in [-0.25, -0.2) is 0 Å². The molecule has 0 aliphatic carbocycles. The molecule has 0 spiro atoms. The number of hydrogen-bond donors (Lipinski definition) is 0.